The highest BCUT2D eigenvalue weighted by molar-refractivity contribution is 5.72. The smallest absolute Gasteiger partial charge is 0.303 e. The first-order valence-electron chi connectivity index (χ1n) is 4.79. The number of carbonyl (C=O) groups is 1. The molecule has 2 rings (SSSR count). The Hall–Kier alpha value is -1.84. The molecular formula is C11H11NO3. The zero-order valence-electron chi connectivity index (χ0n) is 8.14. The van der Waals surface area contributed by atoms with Crippen LogP contribution in [0.2, 0.25) is 0 Å². The number of benzene rings is 1. The number of nitrogens with zero attached hydrogens (tertiary/aromatic N) is 1. The molecule has 0 aliphatic heterocycles. The van der Waals surface area contributed by atoms with Gasteiger partial charge >= 0.3 is 5.97 Å². The van der Waals surface area contributed by atoms with Gasteiger partial charge in [0.15, 0.2) is 12.0 Å². The highest BCUT2D eigenvalue weighted by atomic mass is 16.4. The van der Waals surface area contributed by atoms with E-state index in [-0.39, 0.29) is 6.42 Å². The summed E-state index contributed by atoms with van der Waals surface area (Å²) in [5, 5.41) is 8.50. The molecule has 1 aromatic carbocycles. The average Bonchev–Trinajstić information content (AvgIpc) is 2.64. The standard InChI is InChI=1S/C11H11NO3/c13-11(14)3-1-2-8-4-5-9-10(6-8)15-7-12-9/h4-7H,1-3H2,(H,13,14). The molecule has 2 aromatic rings. The van der Waals surface area contributed by atoms with Crippen LogP contribution in [0.3, 0.4) is 0 Å². The molecule has 78 valence electrons. The highest BCUT2D eigenvalue weighted by Crippen LogP contribution is 2.15. The van der Waals surface area contributed by atoms with Gasteiger partial charge in [0, 0.05) is 6.42 Å². The van der Waals surface area contributed by atoms with Crippen LogP contribution in [0, 0.1) is 0 Å². The maximum absolute atomic E-state index is 10.3. The summed E-state index contributed by atoms with van der Waals surface area (Å²) >= 11 is 0. The minimum Gasteiger partial charge on any atom is -0.481 e. The van der Waals surface area contributed by atoms with Crippen LogP contribution >= 0.6 is 0 Å². The normalized spacial score (nSPS) is 10.7. The Labute approximate surface area is 86.5 Å². The van der Waals surface area contributed by atoms with Crippen LogP contribution in [0.5, 0.6) is 0 Å². The lowest BCUT2D eigenvalue weighted by atomic mass is 10.1. The monoisotopic (exact) mass is 205 g/mol. The molecular weight excluding hydrogens is 194 g/mol. The molecule has 1 N–H and O–H groups in total. The molecule has 0 atom stereocenters. The van der Waals surface area contributed by atoms with Crippen molar-refractivity contribution < 1.29 is 14.3 Å². The largest absolute Gasteiger partial charge is 0.481 e. The van der Waals surface area contributed by atoms with E-state index < -0.39 is 5.97 Å². The summed E-state index contributed by atoms with van der Waals surface area (Å²) in [7, 11) is 0. The van der Waals surface area contributed by atoms with Crippen LogP contribution in [0.25, 0.3) is 11.1 Å². The quantitative estimate of drug-likeness (QED) is 0.831. The summed E-state index contributed by atoms with van der Waals surface area (Å²) in [5.41, 5.74) is 2.67. The Morgan fingerprint density at radius 2 is 2.33 bits per heavy atom. The molecule has 15 heavy (non-hydrogen) atoms. The SMILES string of the molecule is O=C(O)CCCc1ccc2ncoc2c1. The summed E-state index contributed by atoms with van der Waals surface area (Å²) in [4.78, 5) is 14.3. The van der Waals surface area contributed by atoms with Crippen LogP contribution in [0.4, 0.5) is 0 Å². The average molecular weight is 205 g/mol. The van der Waals surface area contributed by atoms with E-state index in [0.717, 1.165) is 23.1 Å². The van der Waals surface area contributed by atoms with Gasteiger partial charge in [0.25, 0.3) is 0 Å². The number of fused-ring (bicyclic) bond motifs is 1. The lowest BCUT2D eigenvalue weighted by Crippen LogP contribution is -1.95. The van der Waals surface area contributed by atoms with Gasteiger partial charge in [0.2, 0.25) is 0 Å². The van der Waals surface area contributed by atoms with Gasteiger partial charge in [-0.3, -0.25) is 4.79 Å². The highest BCUT2D eigenvalue weighted by Gasteiger charge is 2.01. The molecule has 0 fully saturated rings. The summed E-state index contributed by atoms with van der Waals surface area (Å²) in [6.45, 7) is 0. The molecule has 0 aliphatic carbocycles. The second-order valence-corrected chi connectivity index (χ2v) is 3.40. The molecule has 4 heteroatoms. The van der Waals surface area contributed by atoms with Crippen molar-refractivity contribution in [1.29, 1.82) is 0 Å². The van der Waals surface area contributed by atoms with Crippen molar-refractivity contribution >= 4 is 17.1 Å². The maximum atomic E-state index is 10.3. The van der Waals surface area contributed by atoms with Crippen molar-refractivity contribution in [2.75, 3.05) is 0 Å². The van der Waals surface area contributed by atoms with Gasteiger partial charge in [-0.25, -0.2) is 4.98 Å². The minimum atomic E-state index is -0.754. The minimum absolute atomic E-state index is 0.203. The van der Waals surface area contributed by atoms with E-state index in [1.807, 2.05) is 18.2 Å². The van der Waals surface area contributed by atoms with E-state index >= 15 is 0 Å². The predicted molar refractivity (Wildman–Crippen MR) is 54.6 cm³/mol. The second-order valence-electron chi connectivity index (χ2n) is 3.40. The first kappa shape index (κ1) is 9.71. The fourth-order valence-corrected chi connectivity index (χ4v) is 1.50. The topological polar surface area (TPSA) is 63.3 Å². The molecule has 0 spiro atoms. The van der Waals surface area contributed by atoms with E-state index in [2.05, 4.69) is 4.98 Å². The maximum Gasteiger partial charge on any atom is 0.303 e. The van der Waals surface area contributed by atoms with Crippen molar-refractivity contribution in [3.05, 3.63) is 30.2 Å². The molecule has 0 bridgehead atoms. The van der Waals surface area contributed by atoms with E-state index in [0.29, 0.717) is 6.42 Å². The lowest BCUT2D eigenvalue weighted by molar-refractivity contribution is -0.137. The zero-order chi connectivity index (χ0) is 10.7. The van der Waals surface area contributed by atoms with Crippen molar-refractivity contribution in [2.24, 2.45) is 0 Å². The summed E-state index contributed by atoms with van der Waals surface area (Å²) in [5.74, 6) is -0.754. The number of aryl methyl sites for hydroxylation is 1. The van der Waals surface area contributed by atoms with Crippen molar-refractivity contribution in [3.63, 3.8) is 0 Å². The fourth-order valence-electron chi connectivity index (χ4n) is 1.50. The van der Waals surface area contributed by atoms with E-state index in [9.17, 15) is 4.79 Å². The molecule has 0 saturated carbocycles. The van der Waals surface area contributed by atoms with Gasteiger partial charge in [0.1, 0.15) is 5.52 Å². The molecule has 0 aliphatic rings. The number of oxazole rings is 1. The van der Waals surface area contributed by atoms with Crippen LogP contribution in [0.1, 0.15) is 18.4 Å². The van der Waals surface area contributed by atoms with Crippen molar-refractivity contribution in [3.8, 4) is 0 Å². The number of rotatable bonds is 4. The fraction of sp³-hybridized carbons (Fsp3) is 0.273. The van der Waals surface area contributed by atoms with Crippen LogP contribution in [0.15, 0.2) is 29.0 Å². The van der Waals surface area contributed by atoms with Gasteiger partial charge in [-0.1, -0.05) is 6.07 Å². The molecule has 0 radical (unpaired) electrons. The van der Waals surface area contributed by atoms with E-state index in [4.69, 9.17) is 9.52 Å². The Morgan fingerprint density at radius 1 is 1.47 bits per heavy atom. The molecule has 1 heterocycles. The third-order valence-corrected chi connectivity index (χ3v) is 2.25. The number of aliphatic carboxylic acids is 1. The first-order chi connectivity index (χ1) is 7.25. The number of carboxylic acid groups (broad SMARTS) is 1. The Kier molecular flexibility index (Phi) is 2.67. The molecule has 0 unspecified atom stereocenters. The van der Waals surface area contributed by atoms with Gasteiger partial charge in [-0.05, 0) is 30.5 Å². The van der Waals surface area contributed by atoms with Crippen molar-refractivity contribution in [1.82, 2.24) is 4.98 Å². The summed E-state index contributed by atoms with van der Waals surface area (Å²) in [6, 6.07) is 5.74. The molecule has 0 amide bonds. The van der Waals surface area contributed by atoms with Crippen LogP contribution < -0.4 is 0 Å². The Balaban J connectivity index is 2.04. The Morgan fingerprint density at radius 3 is 3.13 bits per heavy atom. The Bertz CT molecular complexity index is 475. The number of aromatic nitrogens is 1. The van der Waals surface area contributed by atoms with Gasteiger partial charge in [-0.15, -0.1) is 0 Å². The lowest BCUT2D eigenvalue weighted by Gasteiger charge is -1.98. The number of hydrogen-bond donors (Lipinski definition) is 1. The number of hydrogen-bond acceptors (Lipinski definition) is 3. The molecule has 1 aromatic heterocycles. The second kappa shape index (κ2) is 4.13. The molecule has 4 nitrogen and oxygen atoms in total. The van der Waals surface area contributed by atoms with Gasteiger partial charge < -0.3 is 9.52 Å². The summed E-state index contributed by atoms with van der Waals surface area (Å²) < 4.78 is 5.16. The zero-order valence-corrected chi connectivity index (χ0v) is 8.14. The third-order valence-electron chi connectivity index (χ3n) is 2.25. The molecule has 0 saturated heterocycles. The van der Waals surface area contributed by atoms with Gasteiger partial charge in [-0.2, -0.15) is 0 Å². The number of carboxylic acids is 1. The van der Waals surface area contributed by atoms with Gasteiger partial charge in [0.05, 0.1) is 0 Å². The van der Waals surface area contributed by atoms with E-state index in [1.54, 1.807) is 0 Å². The predicted octanol–water partition coefficient (Wildman–Crippen LogP) is 2.24. The van der Waals surface area contributed by atoms with Crippen LogP contribution in [-0.2, 0) is 11.2 Å². The van der Waals surface area contributed by atoms with Crippen molar-refractivity contribution in [2.45, 2.75) is 19.3 Å². The summed E-state index contributed by atoms with van der Waals surface area (Å²) in [6.07, 6.45) is 3.01. The van der Waals surface area contributed by atoms with Crippen LogP contribution in [-0.4, -0.2) is 16.1 Å². The van der Waals surface area contributed by atoms with E-state index in [1.165, 1.54) is 6.39 Å². The third kappa shape index (κ3) is 2.34. The first-order valence-corrected chi connectivity index (χ1v) is 4.79.